The molecule has 1 aromatic heterocycles. The van der Waals surface area contributed by atoms with Gasteiger partial charge in [0.15, 0.2) is 5.78 Å². The highest BCUT2D eigenvalue weighted by atomic mass is 16.5. The number of piperidine rings is 1. The molecule has 0 saturated carbocycles. The number of likely N-dealkylation sites (tertiary alicyclic amines) is 1. The van der Waals surface area contributed by atoms with Gasteiger partial charge in [-0.05, 0) is 69.7 Å². The number of ether oxygens (including phenoxy) is 1. The summed E-state index contributed by atoms with van der Waals surface area (Å²) in [6.07, 6.45) is 3.87. The minimum absolute atomic E-state index is 0.148. The lowest BCUT2D eigenvalue weighted by Gasteiger charge is -2.32. The summed E-state index contributed by atoms with van der Waals surface area (Å²) >= 11 is 0. The number of nitrogens with zero attached hydrogens (tertiary/aromatic N) is 4. The maximum absolute atomic E-state index is 13.8. The number of aryl methyl sites for hydroxylation is 1. The average molecular weight is 544 g/mol. The van der Waals surface area contributed by atoms with Gasteiger partial charge in [0.1, 0.15) is 18.1 Å². The van der Waals surface area contributed by atoms with Gasteiger partial charge in [0.05, 0.1) is 22.5 Å². The first-order valence-corrected chi connectivity index (χ1v) is 14.2. The van der Waals surface area contributed by atoms with Gasteiger partial charge in [0.2, 0.25) is 0 Å². The number of hydrazine groups is 1. The molecule has 3 aliphatic rings. The molecule has 210 valence electrons. The Morgan fingerprint density at radius 3 is 2.58 bits per heavy atom. The number of likely N-dealkylation sites (N-methyl/N-ethyl adjacent to an activating group) is 1. The number of aromatic amines is 1. The molecule has 10 heteroatoms. The van der Waals surface area contributed by atoms with Gasteiger partial charge in [-0.15, -0.1) is 0 Å². The molecule has 6 rings (SSSR count). The molecule has 0 spiro atoms. The molecule has 3 heterocycles. The molecule has 3 N–H and O–H groups in total. The van der Waals surface area contributed by atoms with E-state index in [2.05, 4.69) is 37.8 Å². The van der Waals surface area contributed by atoms with E-state index in [9.17, 15) is 9.59 Å². The van der Waals surface area contributed by atoms with E-state index in [1.807, 2.05) is 42.3 Å². The minimum atomic E-state index is -0.358. The van der Waals surface area contributed by atoms with Crippen molar-refractivity contribution in [3.05, 3.63) is 53.1 Å². The number of hydrogen-bond acceptors (Lipinski definition) is 7. The van der Waals surface area contributed by atoms with Gasteiger partial charge >= 0.3 is 6.03 Å². The summed E-state index contributed by atoms with van der Waals surface area (Å²) in [5, 5.41) is 12.4. The lowest BCUT2D eigenvalue weighted by molar-refractivity contribution is 0.104. The number of urea groups is 1. The zero-order chi connectivity index (χ0) is 27.6. The minimum Gasteiger partial charge on any atom is -0.492 e. The van der Waals surface area contributed by atoms with Crippen LogP contribution in [0.2, 0.25) is 0 Å². The van der Waals surface area contributed by atoms with Gasteiger partial charge in [0.25, 0.3) is 0 Å². The van der Waals surface area contributed by atoms with Gasteiger partial charge < -0.3 is 15.0 Å². The third-order valence-corrected chi connectivity index (χ3v) is 8.14. The number of nitrogens with one attached hydrogen (secondary N) is 3. The molecule has 2 aromatic carbocycles. The Bertz CT molecular complexity index is 1400. The van der Waals surface area contributed by atoms with Crippen LogP contribution in [0.1, 0.15) is 40.7 Å². The number of H-pyrrole nitrogens is 1. The van der Waals surface area contributed by atoms with Gasteiger partial charge in [0, 0.05) is 43.9 Å². The number of ketones is 1. The fourth-order valence-electron chi connectivity index (χ4n) is 5.87. The Labute approximate surface area is 234 Å². The number of carbonyl (C=O) groups excluding carboxylic acids is 2. The fraction of sp³-hybridized carbons (Fsp3) is 0.433. The number of aromatic nitrogens is 2. The molecule has 3 aromatic rings. The van der Waals surface area contributed by atoms with Crippen molar-refractivity contribution in [3.8, 4) is 28.3 Å². The molecule has 2 saturated heterocycles. The van der Waals surface area contributed by atoms with Crippen LogP contribution in [0.3, 0.4) is 0 Å². The maximum Gasteiger partial charge on any atom is 0.333 e. The summed E-state index contributed by atoms with van der Waals surface area (Å²) in [6, 6.07) is 11.1. The molecule has 0 atom stereocenters. The predicted molar refractivity (Wildman–Crippen MR) is 155 cm³/mol. The smallest absolute Gasteiger partial charge is 0.333 e. The van der Waals surface area contributed by atoms with Crippen molar-refractivity contribution < 1.29 is 14.3 Å². The molecular formula is C30H37N7O3. The van der Waals surface area contributed by atoms with E-state index < -0.39 is 0 Å². The first kappa shape index (κ1) is 26.5. The number of amides is 2. The molecule has 1 aliphatic carbocycles. The topological polar surface area (TPSA) is 106 Å². The van der Waals surface area contributed by atoms with E-state index >= 15 is 0 Å². The summed E-state index contributed by atoms with van der Waals surface area (Å²) in [5.74, 6) is 0.674. The van der Waals surface area contributed by atoms with Crippen LogP contribution < -0.4 is 15.5 Å². The van der Waals surface area contributed by atoms with Crippen molar-refractivity contribution in [1.29, 1.82) is 0 Å². The first-order valence-electron chi connectivity index (χ1n) is 14.2. The molecule has 0 bridgehead atoms. The highest BCUT2D eigenvalue weighted by Crippen LogP contribution is 2.43. The van der Waals surface area contributed by atoms with Gasteiger partial charge in [-0.2, -0.15) is 5.10 Å². The van der Waals surface area contributed by atoms with Crippen LogP contribution in [-0.2, 0) is 0 Å². The summed E-state index contributed by atoms with van der Waals surface area (Å²) < 4.78 is 6.05. The molecule has 10 nitrogen and oxygen atoms in total. The quantitative estimate of drug-likeness (QED) is 0.326. The van der Waals surface area contributed by atoms with Crippen LogP contribution in [-0.4, -0.2) is 96.3 Å². The number of carbonyl (C=O) groups is 2. The van der Waals surface area contributed by atoms with Crippen LogP contribution in [0.4, 0.5) is 10.5 Å². The van der Waals surface area contributed by atoms with Crippen molar-refractivity contribution in [3.63, 3.8) is 0 Å². The van der Waals surface area contributed by atoms with Crippen LogP contribution in [0.5, 0.6) is 5.75 Å². The second-order valence-electron chi connectivity index (χ2n) is 11.0. The number of rotatable bonds is 7. The molecule has 40 heavy (non-hydrogen) atoms. The van der Waals surface area contributed by atoms with Crippen molar-refractivity contribution in [2.24, 2.45) is 0 Å². The zero-order valence-corrected chi connectivity index (χ0v) is 23.3. The molecular weight excluding hydrogens is 506 g/mol. The average Bonchev–Trinajstić information content (AvgIpc) is 3.51. The van der Waals surface area contributed by atoms with Crippen molar-refractivity contribution in [2.75, 3.05) is 64.8 Å². The normalized spacial score (nSPS) is 17.9. The highest BCUT2D eigenvalue weighted by Gasteiger charge is 2.35. The van der Waals surface area contributed by atoms with Crippen molar-refractivity contribution >= 4 is 17.5 Å². The van der Waals surface area contributed by atoms with Gasteiger partial charge in [-0.1, -0.05) is 18.6 Å². The fourth-order valence-corrected chi connectivity index (χ4v) is 5.87. The summed E-state index contributed by atoms with van der Waals surface area (Å²) in [7, 11) is 2.06. The number of piperazine rings is 1. The lowest BCUT2D eigenvalue weighted by Crippen LogP contribution is -2.53. The first-order chi connectivity index (χ1) is 19.5. The Morgan fingerprint density at radius 1 is 1.00 bits per heavy atom. The number of fused-ring (bicyclic) bond motifs is 3. The van der Waals surface area contributed by atoms with E-state index in [0.29, 0.717) is 34.8 Å². The predicted octanol–water partition coefficient (Wildman–Crippen LogP) is 3.75. The van der Waals surface area contributed by atoms with Gasteiger partial charge in [-0.25, -0.2) is 9.80 Å². The van der Waals surface area contributed by atoms with Gasteiger partial charge in [-0.3, -0.25) is 20.2 Å². The molecule has 2 fully saturated rings. The van der Waals surface area contributed by atoms with E-state index in [-0.39, 0.29) is 11.8 Å². The van der Waals surface area contributed by atoms with Crippen molar-refractivity contribution in [2.45, 2.75) is 26.2 Å². The van der Waals surface area contributed by atoms with E-state index in [1.165, 1.54) is 19.3 Å². The summed E-state index contributed by atoms with van der Waals surface area (Å²) in [6.45, 7) is 9.18. The third kappa shape index (κ3) is 5.34. The zero-order valence-electron chi connectivity index (χ0n) is 23.3. The molecule has 2 aliphatic heterocycles. The molecule has 2 amide bonds. The van der Waals surface area contributed by atoms with Crippen LogP contribution in [0.15, 0.2) is 36.4 Å². The number of benzene rings is 2. The summed E-state index contributed by atoms with van der Waals surface area (Å²) in [4.78, 5) is 31.2. The van der Waals surface area contributed by atoms with Crippen LogP contribution >= 0.6 is 0 Å². The maximum atomic E-state index is 13.8. The standard InChI is InChI=1S/C30H37N7O3/c1-20-19-21(40-18-17-36-11-4-3-5-12-36)9-10-22(20)27-26-28(33-32-27)23-7-6-8-24(25(23)29(26)38)31-30(39)34-37-15-13-35(2)14-16-37/h6-10,19H,3-5,11-18H2,1-2H3,(H,32,33)(H2,31,34,39). The number of hydrogen-bond donors (Lipinski definition) is 3. The van der Waals surface area contributed by atoms with E-state index in [1.54, 1.807) is 6.07 Å². The Morgan fingerprint density at radius 2 is 1.80 bits per heavy atom. The lowest BCUT2D eigenvalue weighted by atomic mass is 10.00. The second kappa shape index (κ2) is 11.4. The van der Waals surface area contributed by atoms with Crippen LogP contribution in [0.25, 0.3) is 22.5 Å². The SMILES string of the molecule is Cc1cc(OCCN2CCCCC2)ccc1-c1[nH]nc2c1C(=O)c1c(NC(=O)NN3CCN(C)CC3)cccc1-2. The number of anilines is 1. The van der Waals surface area contributed by atoms with E-state index in [0.717, 1.165) is 68.3 Å². The van der Waals surface area contributed by atoms with E-state index in [4.69, 9.17) is 4.74 Å². The Balaban J connectivity index is 1.16. The van der Waals surface area contributed by atoms with Crippen LogP contribution in [0, 0.1) is 6.92 Å². The Kier molecular flexibility index (Phi) is 7.55. The monoisotopic (exact) mass is 543 g/mol. The second-order valence-corrected chi connectivity index (χ2v) is 11.0. The summed E-state index contributed by atoms with van der Waals surface area (Å²) in [5.41, 5.74) is 8.29. The third-order valence-electron chi connectivity index (χ3n) is 8.14. The Hall–Kier alpha value is -3.73. The highest BCUT2D eigenvalue weighted by molar-refractivity contribution is 6.27. The largest absolute Gasteiger partial charge is 0.492 e. The van der Waals surface area contributed by atoms with Crippen molar-refractivity contribution in [1.82, 2.24) is 30.4 Å². The molecule has 0 unspecified atom stereocenters. The molecule has 0 radical (unpaired) electrons.